The first-order valence-electron chi connectivity index (χ1n) is 6.37. The van der Waals surface area contributed by atoms with Crippen molar-refractivity contribution >= 4 is 23.2 Å². The van der Waals surface area contributed by atoms with E-state index in [0.29, 0.717) is 11.8 Å². The number of rotatable bonds is 5. The first-order chi connectivity index (χ1) is 9.30. The average Bonchev–Trinajstić information content (AvgIpc) is 2.79. The first-order valence-corrected chi connectivity index (χ1v) is 7.13. The van der Waals surface area contributed by atoms with Crippen molar-refractivity contribution in [3.8, 4) is 5.75 Å². The lowest BCUT2D eigenvalue weighted by Crippen LogP contribution is -2.02. The third-order valence-corrected chi connectivity index (χ3v) is 4.28. The van der Waals surface area contributed by atoms with Gasteiger partial charge in [0.15, 0.2) is 0 Å². The fourth-order valence-corrected chi connectivity index (χ4v) is 3.02. The number of halogens is 4. The van der Waals surface area contributed by atoms with Crippen LogP contribution in [0.3, 0.4) is 0 Å². The molecule has 0 aromatic heterocycles. The highest BCUT2D eigenvalue weighted by atomic mass is 35.5. The molecular weight excluding hydrogens is 305 g/mol. The fourth-order valence-electron chi connectivity index (χ4n) is 2.75. The minimum absolute atomic E-state index is 0.120. The van der Waals surface area contributed by atoms with Gasteiger partial charge in [0.25, 0.3) is 0 Å². The lowest BCUT2D eigenvalue weighted by Gasteiger charge is -2.07. The first kappa shape index (κ1) is 15.6. The second-order valence-electron chi connectivity index (χ2n) is 5.64. The molecule has 0 bridgehead atoms. The van der Waals surface area contributed by atoms with Crippen molar-refractivity contribution < 1.29 is 13.5 Å². The number of alkyl halides is 2. The minimum Gasteiger partial charge on any atom is -0.435 e. The van der Waals surface area contributed by atoms with Gasteiger partial charge in [0.1, 0.15) is 10.2 Å². The van der Waals surface area contributed by atoms with Crippen LogP contribution in [0.4, 0.5) is 8.78 Å². The molecule has 0 aliphatic heterocycles. The highest BCUT2D eigenvalue weighted by Gasteiger charge is 2.55. The molecule has 0 spiro atoms. The standard InChI is InChI=1S/C15H16Cl2F2O/c1-15(2)11(12(15)8-13(16)17)7-9-4-3-5-10(6-9)20-14(18)19/h3-6,8,11-12,14H,7H2,1-2H3. The van der Waals surface area contributed by atoms with E-state index < -0.39 is 6.61 Å². The van der Waals surface area contributed by atoms with Gasteiger partial charge in [-0.05, 0) is 41.4 Å². The monoisotopic (exact) mass is 320 g/mol. The van der Waals surface area contributed by atoms with E-state index in [4.69, 9.17) is 23.2 Å². The normalized spacial score (nSPS) is 23.6. The highest BCUT2D eigenvalue weighted by molar-refractivity contribution is 6.55. The summed E-state index contributed by atoms with van der Waals surface area (Å²) in [6.45, 7) is 1.50. The molecule has 1 aliphatic carbocycles. The molecule has 0 heterocycles. The van der Waals surface area contributed by atoms with Crippen LogP contribution in [0, 0.1) is 17.3 Å². The van der Waals surface area contributed by atoms with Crippen LogP contribution in [0.5, 0.6) is 5.75 Å². The highest BCUT2D eigenvalue weighted by Crippen LogP contribution is 2.60. The van der Waals surface area contributed by atoms with Gasteiger partial charge in [-0.2, -0.15) is 8.78 Å². The van der Waals surface area contributed by atoms with Crippen molar-refractivity contribution in [3.05, 3.63) is 40.4 Å². The maximum atomic E-state index is 12.2. The third-order valence-electron chi connectivity index (χ3n) is 4.02. The summed E-state index contributed by atoms with van der Waals surface area (Å²) in [5.41, 5.74) is 1.09. The Morgan fingerprint density at radius 3 is 2.70 bits per heavy atom. The predicted molar refractivity (Wildman–Crippen MR) is 77.3 cm³/mol. The Balaban J connectivity index is 2.06. The van der Waals surface area contributed by atoms with Gasteiger partial charge < -0.3 is 4.74 Å². The largest absolute Gasteiger partial charge is 0.435 e. The smallest absolute Gasteiger partial charge is 0.387 e. The van der Waals surface area contributed by atoms with Gasteiger partial charge in [0.05, 0.1) is 0 Å². The van der Waals surface area contributed by atoms with Crippen molar-refractivity contribution in [1.29, 1.82) is 0 Å². The number of hydrogen-bond acceptors (Lipinski definition) is 1. The third kappa shape index (κ3) is 3.64. The van der Waals surface area contributed by atoms with Gasteiger partial charge in [0, 0.05) is 0 Å². The number of allylic oxidation sites excluding steroid dienone is 1. The Kier molecular flexibility index (Phi) is 4.60. The van der Waals surface area contributed by atoms with Crippen LogP contribution in [0.1, 0.15) is 19.4 Å². The molecule has 1 aromatic carbocycles. The Bertz CT molecular complexity index is 510. The van der Waals surface area contributed by atoms with E-state index in [9.17, 15) is 8.78 Å². The van der Waals surface area contributed by atoms with Gasteiger partial charge in [-0.15, -0.1) is 0 Å². The zero-order valence-corrected chi connectivity index (χ0v) is 12.8. The van der Waals surface area contributed by atoms with E-state index in [1.54, 1.807) is 12.1 Å². The van der Waals surface area contributed by atoms with E-state index in [0.717, 1.165) is 12.0 Å². The maximum Gasteiger partial charge on any atom is 0.387 e. The molecule has 2 rings (SSSR count). The Labute approximate surface area is 127 Å². The Morgan fingerprint density at radius 2 is 2.10 bits per heavy atom. The molecular formula is C15H16Cl2F2O. The lowest BCUT2D eigenvalue weighted by molar-refractivity contribution is -0.0498. The molecule has 20 heavy (non-hydrogen) atoms. The molecule has 1 aliphatic rings. The van der Waals surface area contributed by atoms with Gasteiger partial charge >= 0.3 is 6.61 Å². The van der Waals surface area contributed by atoms with Crippen LogP contribution in [-0.2, 0) is 6.42 Å². The van der Waals surface area contributed by atoms with Gasteiger partial charge in [-0.25, -0.2) is 0 Å². The van der Waals surface area contributed by atoms with Crippen LogP contribution >= 0.6 is 23.2 Å². The van der Waals surface area contributed by atoms with Crippen LogP contribution in [0.2, 0.25) is 0 Å². The molecule has 1 fully saturated rings. The number of ether oxygens (including phenoxy) is 1. The van der Waals surface area contributed by atoms with Gasteiger partial charge in [0.2, 0.25) is 0 Å². The summed E-state index contributed by atoms with van der Waals surface area (Å²) >= 11 is 11.4. The maximum absolute atomic E-state index is 12.2. The topological polar surface area (TPSA) is 9.23 Å². The summed E-state index contributed by atoms with van der Waals surface area (Å²) in [5.74, 6) is 0.905. The van der Waals surface area contributed by atoms with Crippen LogP contribution in [0.15, 0.2) is 34.8 Å². The summed E-state index contributed by atoms with van der Waals surface area (Å²) in [7, 11) is 0. The second kappa shape index (κ2) is 5.90. The SMILES string of the molecule is CC1(C)C(C=C(Cl)Cl)C1Cc1cccc(OC(F)F)c1. The van der Waals surface area contributed by atoms with Crippen molar-refractivity contribution in [2.45, 2.75) is 26.9 Å². The average molecular weight is 321 g/mol. The summed E-state index contributed by atoms with van der Waals surface area (Å²) < 4.78 is 29.1. The molecule has 5 heteroatoms. The zero-order valence-electron chi connectivity index (χ0n) is 11.2. The van der Waals surface area contributed by atoms with Crippen LogP contribution in [-0.4, -0.2) is 6.61 Å². The second-order valence-corrected chi connectivity index (χ2v) is 6.65. The molecule has 0 amide bonds. The molecule has 110 valence electrons. The minimum atomic E-state index is -2.80. The Morgan fingerprint density at radius 1 is 1.40 bits per heavy atom. The molecule has 2 atom stereocenters. The van der Waals surface area contributed by atoms with Crippen molar-refractivity contribution in [3.63, 3.8) is 0 Å². The summed E-state index contributed by atoms with van der Waals surface area (Å²) in [4.78, 5) is 0. The molecule has 2 unspecified atom stereocenters. The fraction of sp³-hybridized carbons (Fsp3) is 0.467. The van der Waals surface area contributed by atoms with Crippen molar-refractivity contribution in [1.82, 2.24) is 0 Å². The molecule has 1 aromatic rings. The molecule has 0 N–H and O–H groups in total. The molecule has 0 radical (unpaired) electrons. The summed E-state index contributed by atoms with van der Waals surface area (Å²) in [6, 6.07) is 6.82. The number of hydrogen-bond donors (Lipinski definition) is 0. The van der Waals surface area contributed by atoms with Gasteiger partial charge in [-0.3, -0.25) is 0 Å². The number of benzene rings is 1. The Hall–Kier alpha value is -0.800. The van der Waals surface area contributed by atoms with E-state index in [2.05, 4.69) is 18.6 Å². The van der Waals surface area contributed by atoms with Crippen LogP contribution < -0.4 is 4.74 Å². The quantitative estimate of drug-likeness (QED) is 0.703. The van der Waals surface area contributed by atoms with E-state index in [1.165, 1.54) is 6.07 Å². The van der Waals surface area contributed by atoms with Crippen LogP contribution in [0.25, 0.3) is 0 Å². The summed E-state index contributed by atoms with van der Waals surface area (Å²) in [6.07, 6.45) is 2.64. The summed E-state index contributed by atoms with van der Waals surface area (Å²) in [5, 5.41) is 0. The van der Waals surface area contributed by atoms with Gasteiger partial charge in [-0.1, -0.05) is 55.3 Å². The molecule has 1 nitrogen and oxygen atoms in total. The molecule has 0 saturated heterocycles. The molecule has 1 saturated carbocycles. The van der Waals surface area contributed by atoms with Crippen molar-refractivity contribution in [2.75, 3.05) is 0 Å². The van der Waals surface area contributed by atoms with E-state index in [-0.39, 0.29) is 15.7 Å². The van der Waals surface area contributed by atoms with Crippen molar-refractivity contribution in [2.24, 2.45) is 17.3 Å². The van der Waals surface area contributed by atoms with E-state index >= 15 is 0 Å². The predicted octanol–water partition coefficient (Wildman–Crippen LogP) is 5.42. The lowest BCUT2D eigenvalue weighted by atomic mass is 10.0. The zero-order chi connectivity index (χ0) is 14.9. The van der Waals surface area contributed by atoms with E-state index in [1.807, 2.05) is 12.1 Å².